The maximum Gasteiger partial charge on any atom is 0.0589 e. The standard InChI is InChI=1S/C12H26N2O/c1-4-7-13-12(11-5-6-11)10-14(2)8-9-15-3/h11-13H,4-10H2,1-3H3. The lowest BCUT2D eigenvalue weighted by molar-refractivity contribution is 0.153. The van der Waals surface area contributed by atoms with E-state index in [0.29, 0.717) is 6.04 Å². The lowest BCUT2D eigenvalue weighted by atomic mass is 10.1. The first-order chi connectivity index (χ1) is 7.27. The molecule has 1 N–H and O–H groups in total. The lowest BCUT2D eigenvalue weighted by Crippen LogP contribution is -2.42. The fourth-order valence-electron chi connectivity index (χ4n) is 1.88. The largest absolute Gasteiger partial charge is 0.383 e. The molecule has 1 saturated carbocycles. The number of methoxy groups -OCH3 is 1. The van der Waals surface area contributed by atoms with Crippen LogP contribution in [0, 0.1) is 5.92 Å². The predicted molar refractivity (Wildman–Crippen MR) is 64.2 cm³/mol. The summed E-state index contributed by atoms with van der Waals surface area (Å²) < 4.78 is 5.09. The average Bonchev–Trinajstić information content (AvgIpc) is 3.04. The molecule has 1 atom stereocenters. The normalized spacial score (nSPS) is 18.4. The minimum absolute atomic E-state index is 0.701. The number of hydrogen-bond acceptors (Lipinski definition) is 3. The maximum atomic E-state index is 5.09. The van der Waals surface area contributed by atoms with Crippen LogP contribution in [0.2, 0.25) is 0 Å². The molecule has 0 aromatic carbocycles. The maximum absolute atomic E-state index is 5.09. The van der Waals surface area contributed by atoms with Gasteiger partial charge in [-0.1, -0.05) is 6.92 Å². The Hall–Kier alpha value is -0.120. The van der Waals surface area contributed by atoms with Gasteiger partial charge in [-0.15, -0.1) is 0 Å². The van der Waals surface area contributed by atoms with Gasteiger partial charge >= 0.3 is 0 Å². The molecule has 15 heavy (non-hydrogen) atoms. The molecule has 0 aliphatic heterocycles. The second-order valence-electron chi connectivity index (χ2n) is 4.65. The average molecular weight is 214 g/mol. The fraction of sp³-hybridized carbons (Fsp3) is 1.00. The zero-order valence-electron chi connectivity index (χ0n) is 10.5. The van der Waals surface area contributed by atoms with Gasteiger partial charge in [0.15, 0.2) is 0 Å². The van der Waals surface area contributed by atoms with Crippen LogP contribution in [0.4, 0.5) is 0 Å². The zero-order chi connectivity index (χ0) is 11.1. The Morgan fingerprint density at radius 2 is 2.20 bits per heavy atom. The zero-order valence-corrected chi connectivity index (χ0v) is 10.5. The van der Waals surface area contributed by atoms with Crippen LogP contribution < -0.4 is 5.32 Å². The highest BCUT2D eigenvalue weighted by Gasteiger charge is 2.31. The fourth-order valence-corrected chi connectivity index (χ4v) is 1.88. The van der Waals surface area contributed by atoms with Gasteiger partial charge in [0.1, 0.15) is 0 Å². The van der Waals surface area contributed by atoms with E-state index in [1.165, 1.54) is 19.3 Å². The molecule has 0 spiro atoms. The molecule has 1 aliphatic rings. The summed E-state index contributed by atoms with van der Waals surface area (Å²) in [7, 11) is 3.95. The highest BCUT2D eigenvalue weighted by molar-refractivity contribution is 4.87. The van der Waals surface area contributed by atoms with E-state index < -0.39 is 0 Å². The summed E-state index contributed by atoms with van der Waals surface area (Å²) >= 11 is 0. The van der Waals surface area contributed by atoms with E-state index in [4.69, 9.17) is 4.74 Å². The summed E-state index contributed by atoms with van der Waals surface area (Å²) in [6.07, 6.45) is 4.06. The second kappa shape index (κ2) is 7.20. The Balaban J connectivity index is 2.17. The molecule has 1 rings (SSSR count). The van der Waals surface area contributed by atoms with Crippen molar-refractivity contribution >= 4 is 0 Å². The number of nitrogens with one attached hydrogen (secondary N) is 1. The van der Waals surface area contributed by atoms with Gasteiger partial charge in [-0.25, -0.2) is 0 Å². The predicted octanol–water partition coefficient (Wildman–Crippen LogP) is 1.34. The van der Waals surface area contributed by atoms with Crippen LogP contribution in [0.1, 0.15) is 26.2 Å². The van der Waals surface area contributed by atoms with Gasteiger partial charge in [-0.05, 0) is 38.8 Å². The molecule has 1 unspecified atom stereocenters. The number of hydrogen-bond donors (Lipinski definition) is 1. The Labute approximate surface area is 94.2 Å². The summed E-state index contributed by atoms with van der Waals surface area (Å²) in [5.41, 5.74) is 0. The highest BCUT2D eigenvalue weighted by Crippen LogP contribution is 2.32. The topological polar surface area (TPSA) is 24.5 Å². The molecule has 1 fully saturated rings. The number of rotatable bonds is 9. The van der Waals surface area contributed by atoms with Crippen molar-refractivity contribution in [2.45, 2.75) is 32.2 Å². The SMILES string of the molecule is CCCNC(CN(C)CCOC)C1CC1. The van der Waals surface area contributed by atoms with Crippen LogP contribution in [-0.2, 0) is 4.74 Å². The van der Waals surface area contributed by atoms with E-state index in [1.807, 2.05) is 0 Å². The van der Waals surface area contributed by atoms with Gasteiger partial charge in [0, 0.05) is 26.2 Å². The highest BCUT2D eigenvalue weighted by atomic mass is 16.5. The molecule has 0 amide bonds. The molecule has 1 aliphatic carbocycles. The molecule has 90 valence electrons. The van der Waals surface area contributed by atoms with Crippen LogP contribution >= 0.6 is 0 Å². The number of ether oxygens (including phenoxy) is 1. The first-order valence-electron chi connectivity index (χ1n) is 6.18. The van der Waals surface area contributed by atoms with E-state index >= 15 is 0 Å². The van der Waals surface area contributed by atoms with E-state index in [-0.39, 0.29) is 0 Å². The Kier molecular flexibility index (Phi) is 6.22. The third-order valence-corrected chi connectivity index (χ3v) is 3.03. The Morgan fingerprint density at radius 1 is 1.47 bits per heavy atom. The number of likely N-dealkylation sites (N-methyl/N-ethyl adjacent to an activating group) is 1. The third kappa shape index (κ3) is 5.50. The summed E-state index contributed by atoms with van der Waals surface area (Å²) in [5.74, 6) is 0.932. The van der Waals surface area contributed by atoms with Gasteiger partial charge in [-0.3, -0.25) is 0 Å². The first-order valence-corrected chi connectivity index (χ1v) is 6.18. The van der Waals surface area contributed by atoms with Crippen molar-refractivity contribution in [2.75, 3.05) is 40.4 Å². The van der Waals surface area contributed by atoms with Crippen molar-refractivity contribution in [2.24, 2.45) is 5.92 Å². The quantitative estimate of drug-likeness (QED) is 0.627. The molecule has 0 saturated heterocycles. The lowest BCUT2D eigenvalue weighted by Gasteiger charge is -2.24. The van der Waals surface area contributed by atoms with Gasteiger partial charge in [0.25, 0.3) is 0 Å². The van der Waals surface area contributed by atoms with Crippen LogP contribution in [0.15, 0.2) is 0 Å². The second-order valence-corrected chi connectivity index (χ2v) is 4.65. The molecule has 3 heteroatoms. The summed E-state index contributed by atoms with van der Waals surface area (Å²) in [4.78, 5) is 2.37. The van der Waals surface area contributed by atoms with Crippen molar-refractivity contribution in [3.05, 3.63) is 0 Å². The molecular formula is C12H26N2O. The van der Waals surface area contributed by atoms with E-state index in [2.05, 4.69) is 24.2 Å². The summed E-state index contributed by atoms with van der Waals surface area (Å²) in [5, 5.41) is 3.66. The van der Waals surface area contributed by atoms with Crippen LogP contribution in [0.3, 0.4) is 0 Å². The monoisotopic (exact) mass is 214 g/mol. The molecular weight excluding hydrogens is 188 g/mol. The van der Waals surface area contributed by atoms with E-state index in [9.17, 15) is 0 Å². The van der Waals surface area contributed by atoms with E-state index in [0.717, 1.165) is 32.2 Å². The van der Waals surface area contributed by atoms with E-state index in [1.54, 1.807) is 7.11 Å². The Bertz CT molecular complexity index is 160. The Morgan fingerprint density at radius 3 is 2.73 bits per heavy atom. The van der Waals surface area contributed by atoms with Gasteiger partial charge < -0.3 is 15.0 Å². The molecule has 0 radical (unpaired) electrons. The van der Waals surface area contributed by atoms with Crippen molar-refractivity contribution < 1.29 is 4.74 Å². The summed E-state index contributed by atoms with van der Waals surface area (Å²) in [6.45, 7) is 6.41. The van der Waals surface area contributed by atoms with Crippen LogP contribution in [0.5, 0.6) is 0 Å². The molecule has 0 bridgehead atoms. The summed E-state index contributed by atoms with van der Waals surface area (Å²) in [6, 6.07) is 0.701. The van der Waals surface area contributed by atoms with Crippen molar-refractivity contribution in [3.8, 4) is 0 Å². The van der Waals surface area contributed by atoms with Gasteiger partial charge in [0.05, 0.1) is 6.61 Å². The number of nitrogens with zero attached hydrogens (tertiary/aromatic N) is 1. The first kappa shape index (κ1) is 12.9. The van der Waals surface area contributed by atoms with Gasteiger partial charge in [0.2, 0.25) is 0 Å². The van der Waals surface area contributed by atoms with Crippen LogP contribution in [0.25, 0.3) is 0 Å². The minimum atomic E-state index is 0.701. The third-order valence-electron chi connectivity index (χ3n) is 3.03. The van der Waals surface area contributed by atoms with Gasteiger partial charge in [-0.2, -0.15) is 0 Å². The molecule has 0 aromatic rings. The molecule has 0 aromatic heterocycles. The van der Waals surface area contributed by atoms with Crippen molar-refractivity contribution in [1.82, 2.24) is 10.2 Å². The minimum Gasteiger partial charge on any atom is -0.383 e. The molecule has 3 nitrogen and oxygen atoms in total. The van der Waals surface area contributed by atoms with Crippen molar-refractivity contribution in [3.63, 3.8) is 0 Å². The molecule has 0 heterocycles. The smallest absolute Gasteiger partial charge is 0.0589 e. The van der Waals surface area contributed by atoms with Crippen molar-refractivity contribution in [1.29, 1.82) is 0 Å². The van der Waals surface area contributed by atoms with Crippen LogP contribution in [-0.4, -0.2) is 51.3 Å².